The lowest BCUT2D eigenvalue weighted by Crippen LogP contribution is -2.39. The van der Waals surface area contributed by atoms with Crippen LogP contribution in [0.2, 0.25) is 0 Å². The van der Waals surface area contributed by atoms with E-state index in [1.165, 1.54) is 23.9 Å². The fraction of sp³-hybridized carbons (Fsp3) is 0.462. The van der Waals surface area contributed by atoms with E-state index in [1.54, 1.807) is 12.1 Å². The van der Waals surface area contributed by atoms with Gasteiger partial charge in [-0.1, -0.05) is 6.92 Å². The van der Waals surface area contributed by atoms with Crippen LogP contribution in [-0.4, -0.2) is 44.1 Å². The molecule has 20 heavy (non-hydrogen) atoms. The van der Waals surface area contributed by atoms with Gasteiger partial charge in [0.1, 0.15) is 6.04 Å². The number of hydrogen-bond acceptors (Lipinski definition) is 5. The summed E-state index contributed by atoms with van der Waals surface area (Å²) in [4.78, 5) is 12.2. The van der Waals surface area contributed by atoms with Gasteiger partial charge in [0.15, 0.2) is 9.84 Å². The summed E-state index contributed by atoms with van der Waals surface area (Å²) in [5.74, 6) is -0.480. The first-order chi connectivity index (χ1) is 9.34. The summed E-state index contributed by atoms with van der Waals surface area (Å²) in [5.41, 5.74) is 0. The third-order valence-electron chi connectivity index (χ3n) is 2.61. The quantitative estimate of drug-likeness (QED) is 0.709. The van der Waals surface area contributed by atoms with E-state index in [9.17, 15) is 13.2 Å². The molecule has 0 spiro atoms. The van der Waals surface area contributed by atoms with Crippen LogP contribution in [-0.2, 0) is 14.6 Å². The molecule has 1 rings (SSSR count). The normalized spacial score (nSPS) is 13.1. The van der Waals surface area contributed by atoms with Crippen molar-refractivity contribution in [3.8, 4) is 0 Å². The Morgan fingerprint density at radius 1 is 1.35 bits per heavy atom. The van der Waals surface area contributed by atoms with Gasteiger partial charge in [-0.15, -0.1) is 11.8 Å². The zero-order valence-corrected chi connectivity index (χ0v) is 13.1. The lowest BCUT2D eigenvalue weighted by atomic mass is 10.3. The standard InChI is InChI=1S/C13H19NO4S2/c1-3-8-14-12(13(15)16)9-19-10-4-6-11(7-5-10)20(2,17)18/h4-7,12,14H,3,8-9H2,1-2H3,(H,15,16). The van der Waals surface area contributed by atoms with Crippen LogP contribution in [0.4, 0.5) is 0 Å². The Bertz CT molecular complexity index is 540. The van der Waals surface area contributed by atoms with E-state index in [0.29, 0.717) is 12.3 Å². The third-order valence-corrected chi connectivity index (χ3v) is 4.84. The molecule has 5 nitrogen and oxygen atoms in total. The molecule has 0 saturated carbocycles. The number of rotatable bonds is 8. The summed E-state index contributed by atoms with van der Waals surface area (Å²) < 4.78 is 22.6. The molecule has 0 aliphatic rings. The molecule has 0 aliphatic carbocycles. The van der Waals surface area contributed by atoms with Gasteiger partial charge in [0.05, 0.1) is 4.90 Å². The van der Waals surface area contributed by atoms with E-state index in [1.807, 2.05) is 6.92 Å². The zero-order valence-electron chi connectivity index (χ0n) is 11.5. The molecule has 0 radical (unpaired) electrons. The molecule has 0 bridgehead atoms. The van der Waals surface area contributed by atoms with Crippen LogP contribution < -0.4 is 5.32 Å². The van der Waals surface area contributed by atoms with E-state index in [0.717, 1.165) is 17.6 Å². The molecular formula is C13H19NO4S2. The Hall–Kier alpha value is -1.05. The SMILES string of the molecule is CCCNC(CSc1ccc(S(C)(=O)=O)cc1)C(=O)O. The molecule has 0 aromatic heterocycles. The number of benzene rings is 1. The van der Waals surface area contributed by atoms with Crippen LogP contribution in [0.5, 0.6) is 0 Å². The Morgan fingerprint density at radius 3 is 2.40 bits per heavy atom. The second-order valence-corrected chi connectivity index (χ2v) is 7.51. The Kier molecular flexibility index (Phi) is 6.51. The molecule has 0 fully saturated rings. The number of carboxylic acids is 1. The monoisotopic (exact) mass is 317 g/mol. The number of hydrogen-bond donors (Lipinski definition) is 2. The molecule has 1 unspecified atom stereocenters. The lowest BCUT2D eigenvalue weighted by molar-refractivity contribution is -0.138. The molecule has 7 heteroatoms. The maximum absolute atomic E-state index is 11.3. The van der Waals surface area contributed by atoms with Gasteiger partial charge in [0.2, 0.25) is 0 Å². The average Bonchev–Trinajstić information content (AvgIpc) is 2.38. The van der Waals surface area contributed by atoms with Gasteiger partial charge in [-0.3, -0.25) is 4.79 Å². The maximum Gasteiger partial charge on any atom is 0.321 e. The molecule has 2 N–H and O–H groups in total. The smallest absolute Gasteiger partial charge is 0.321 e. The summed E-state index contributed by atoms with van der Waals surface area (Å²) in [7, 11) is -3.19. The second-order valence-electron chi connectivity index (χ2n) is 4.40. The van der Waals surface area contributed by atoms with Crippen molar-refractivity contribution in [1.82, 2.24) is 5.32 Å². The van der Waals surface area contributed by atoms with Gasteiger partial charge >= 0.3 is 5.97 Å². The van der Waals surface area contributed by atoms with Crippen molar-refractivity contribution < 1.29 is 18.3 Å². The highest BCUT2D eigenvalue weighted by Gasteiger charge is 2.16. The number of nitrogens with one attached hydrogen (secondary N) is 1. The minimum absolute atomic E-state index is 0.265. The van der Waals surface area contributed by atoms with Gasteiger partial charge in [0.25, 0.3) is 0 Å². The summed E-state index contributed by atoms with van der Waals surface area (Å²) >= 11 is 1.39. The maximum atomic E-state index is 11.3. The summed E-state index contributed by atoms with van der Waals surface area (Å²) in [5, 5.41) is 12.0. The molecule has 1 atom stereocenters. The highest BCUT2D eigenvalue weighted by atomic mass is 32.2. The Labute approximate surface area is 123 Å². The fourth-order valence-electron chi connectivity index (χ4n) is 1.50. The van der Waals surface area contributed by atoms with Crippen molar-refractivity contribution in [2.75, 3.05) is 18.6 Å². The average molecular weight is 317 g/mol. The van der Waals surface area contributed by atoms with Gasteiger partial charge < -0.3 is 10.4 Å². The molecule has 1 aromatic rings. The predicted molar refractivity (Wildman–Crippen MR) is 80.0 cm³/mol. The summed E-state index contributed by atoms with van der Waals surface area (Å²) in [6, 6.07) is 5.86. The Balaban J connectivity index is 2.62. The van der Waals surface area contributed by atoms with Crippen LogP contribution in [0.15, 0.2) is 34.1 Å². The van der Waals surface area contributed by atoms with Crippen molar-refractivity contribution in [2.45, 2.75) is 29.2 Å². The first-order valence-electron chi connectivity index (χ1n) is 6.23. The van der Waals surface area contributed by atoms with Gasteiger partial charge in [0, 0.05) is 16.9 Å². The molecular weight excluding hydrogens is 298 g/mol. The summed E-state index contributed by atoms with van der Waals surface area (Å²) in [6.07, 6.45) is 2.03. The molecule has 112 valence electrons. The molecule has 0 saturated heterocycles. The van der Waals surface area contributed by atoms with E-state index in [-0.39, 0.29) is 4.90 Å². The number of sulfone groups is 1. The number of aliphatic carboxylic acids is 1. The largest absolute Gasteiger partial charge is 0.480 e. The highest BCUT2D eigenvalue weighted by molar-refractivity contribution is 7.99. The lowest BCUT2D eigenvalue weighted by Gasteiger charge is -2.13. The van der Waals surface area contributed by atoms with Crippen LogP contribution in [0.3, 0.4) is 0 Å². The van der Waals surface area contributed by atoms with Crippen LogP contribution in [0.1, 0.15) is 13.3 Å². The molecule has 1 aromatic carbocycles. The van der Waals surface area contributed by atoms with Crippen LogP contribution in [0.25, 0.3) is 0 Å². The van der Waals surface area contributed by atoms with E-state index in [4.69, 9.17) is 5.11 Å². The van der Waals surface area contributed by atoms with Crippen LogP contribution >= 0.6 is 11.8 Å². The predicted octanol–water partition coefficient (Wildman–Crippen LogP) is 1.64. The first-order valence-corrected chi connectivity index (χ1v) is 9.11. The van der Waals surface area contributed by atoms with Gasteiger partial charge in [-0.05, 0) is 37.2 Å². The topological polar surface area (TPSA) is 83.5 Å². The van der Waals surface area contributed by atoms with E-state index >= 15 is 0 Å². The van der Waals surface area contributed by atoms with Crippen molar-refractivity contribution in [2.24, 2.45) is 0 Å². The molecule has 0 amide bonds. The number of thioether (sulfide) groups is 1. The first kappa shape index (κ1) is 17.0. The summed E-state index contributed by atoms with van der Waals surface area (Å²) in [6.45, 7) is 2.63. The third kappa shape index (κ3) is 5.52. The van der Waals surface area contributed by atoms with Crippen molar-refractivity contribution in [3.63, 3.8) is 0 Å². The molecule has 0 aliphatic heterocycles. The number of carbonyl (C=O) groups is 1. The second kappa shape index (κ2) is 7.66. The van der Waals surface area contributed by atoms with Crippen LogP contribution in [0, 0.1) is 0 Å². The van der Waals surface area contributed by atoms with E-state index < -0.39 is 21.8 Å². The fourth-order valence-corrected chi connectivity index (χ4v) is 3.08. The highest BCUT2D eigenvalue weighted by Crippen LogP contribution is 2.21. The number of carboxylic acid groups (broad SMARTS) is 1. The van der Waals surface area contributed by atoms with Crippen molar-refractivity contribution in [1.29, 1.82) is 0 Å². The zero-order chi connectivity index (χ0) is 15.2. The van der Waals surface area contributed by atoms with Crippen molar-refractivity contribution >= 4 is 27.6 Å². The minimum atomic E-state index is -3.19. The van der Waals surface area contributed by atoms with Crippen molar-refractivity contribution in [3.05, 3.63) is 24.3 Å². The van der Waals surface area contributed by atoms with Gasteiger partial charge in [-0.25, -0.2) is 8.42 Å². The minimum Gasteiger partial charge on any atom is -0.480 e. The molecule has 0 heterocycles. The van der Waals surface area contributed by atoms with E-state index in [2.05, 4.69) is 5.32 Å². The Morgan fingerprint density at radius 2 is 1.95 bits per heavy atom. The van der Waals surface area contributed by atoms with Gasteiger partial charge in [-0.2, -0.15) is 0 Å².